The van der Waals surface area contributed by atoms with Crippen molar-refractivity contribution >= 4 is 28.5 Å². The van der Waals surface area contributed by atoms with Crippen LogP contribution in [-0.4, -0.2) is 40.1 Å². The van der Waals surface area contributed by atoms with Crippen molar-refractivity contribution < 1.29 is 14.7 Å². The Labute approximate surface area is 102 Å². The standard InChI is InChI=1S/C10H11N3O3S/c1-3-4-13(6-8(14)15)10(16)12-9-11-5-7(2)17-9/h1,5H,4,6H2,2H3,(H,14,15)(H,11,12,16). The lowest BCUT2D eigenvalue weighted by Crippen LogP contribution is -2.38. The van der Waals surface area contributed by atoms with Gasteiger partial charge in [-0.05, 0) is 6.92 Å². The number of rotatable bonds is 4. The zero-order chi connectivity index (χ0) is 12.8. The zero-order valence-corrected chi connectivity index (χ0v) is 9.95. The van der Waals surface area contributed by atoms with E-state index in [1.165, 1.54) is 11.3 Å². The van der Waals surface area contributed by atoms with E-state index in [9.17, 15) is 9.59 Å². The average molecular weight is 253 g/mol. The van der Waals surface area contributed by atoms with Gasteiger partial charge in [-0.1, -0.05) is 5.92 Å². The summed E-state index contributed by atoms with van der Waals surface area (Å²) in [7, 11) is 0. The summed E-state index contributed by atoms with van der Waals surface area (Å²) in [5, 5.41) is 11.5. The molecular formula is C10H11N3O3S. The Morgan fingerprint density at radius 2 is 2.41 bits per heavy atom. The number of carbonyl (C=O) groups is 2. The van der Waals surface area contributed by atoms with E-state index in [4.69, 9.17) is 11.5 Å². The van der Waals surface area contributed by atoms with Crippen LogP contribution in [0.15, 0.2) is 6.20 Å². The predicted octanol–water partition coefficient (Wildman–Crippen LogP) is 1.00. The van der Waals surface area contributed by atoms with Gasteiger partial charge in [0.2, 0.25) is 0 Å². The number of nitrogens with zero attached hydrogens (tertiary/aromatic N) is 2. The molecule has 0 spiro atoms. The lowest BCUT2D eigenvalue weighted by atomic mass is 10.5. The molecule has 0 saturated heterocycles. The van der Waals surface area contributed by atoms with E-state index in [-0.39, 0.29) is 6.54 Å². The number of carboxylic acid groups (broad SMARTS) is 1. The van der Waals surface area contributed by atoms with Crippen LogP contribution >= 0.6 is 11.3 Å². The van der Waals surface area contributed by atoms with E-state index >= 15 is 0 Å². The zero-order valence-electron chi connectivity index (χ0n) is 9.14. The topological polar surface area (TPSA) is 82.5 Å². The first-order valence-corrected chi connectivity index (χ1v) is 5.48. The lowest BCUT2D eigenvalue weighted by Gasteiger charge is -2.17. The first-order valence-electron chi connectivity index (χ1n) is 4.66. The summed E-state index contributed by atoms with van der Waals surface area (Å²) in [6.45, 7) is 1.34. The molecule has 90 valence electrons. The molecular weight excluding hydrogens is 242 g/mol. The molecule has 0 aliphatic rings. The van der Waals surface area contributed by atoms with E-state index < -0.39 is 18.5 Å². The second-order valence-corrected chi connectivity index (χ2v) is 4.39. The number of aryl methyl sites for hydroxylation is 1. The number of aromatic nitrogens is 1. The third kappa shape index (κ3) is 4.12. The number of carbonyl (C=O) groups excluding carboxylic acids is 1. The van der Waals surface area contributed by atoms with Crippen LogP contribution in [0.2, 0.25) is 0 Å². The molecule has 2 N–H and O–H groups in total. The molecule has 0 aliphatic heterocycles. The van der Waals surface area contributed by atoms with Gasteiger partial charge in [0.05, 0.1) is 6.54 Å². The Bertz CT molecular complexity index is 464. The molecule has 0 saturated carbocycles. The van der Waals surface area contributed by atoms with Crippen LogP contribution in [0.4, 0.5) is 9.93 Å². The number of amides is 2. The Balaban J connectivity index is 2.65. The van der Waals surface area contributed by atoms with Gasteiger partial charge in [0, 0.05) is 11.1 Å². The summed E-state index contributed by atoms with van der Waals surface area (Å²) in [5.41, 5.74) is 0. The van der Waals surface area contributed by atoms with Crippen molar-refractivity contribution in [1.82, 2.24) is 9.88 Å². The molecule has 6 nitrogen and oxygen atoms in total. The Kier molecular flexibility index (Phi) is 4.48. The third-order valence-corrected chi connectivity index (χ3v) is 2.56. The summed E-state index contributed by atoms with van der Waals surface area (Å²) in [5.74, 6) is 1.11. The van der Waals surface area contributed by atoms with Gasteiger partial charge < -0.3 is 10.0 Å². The van der Waals surface area contributed by atoms with Crippen LogP contribution in [0.3, 0.4) is 0 Å². The highest BCUT2D eigenvalue weighted by Gasteiger charge is 2.16. The van der Waals surface area contributed by atoms with Gasteiger partial charge in [0.1, 0.15) is 6.54 Å². The van der Waals surface area contributed by atoms with Crippen molar-refractivity contribution in [2.24, 2.45) is 0 Å². The van der Waals surface area contributed by atoms with Crippen LogP contribution in [0.5, 0.6) is 0 Å². The molecule has 0 aliphatic carbocycles. The molecule has 1 heterocycles. The van der Waals surface area contributed by atoms with Gasteiger partial charge in [0.25, 0.3) is 0 Å². The van der Waals surface area contributed by atoms with Crippen molar-refractivity contribution in [3.05, 3.63) is 11.1 Å². The number of carboxylic acids is 1. The van der Waals surface area contributed by atoms with E-state index in [0.717, 1.165) is 9.78 Å². The number of nitrogens with one attached hydrogen (secondary N) is 1. The molecule has 0 unspecified atom stereocenters. The molecule has 7 heteroatoms. The smallest absolute Gasteiger partial charge is 0.324 e. The van der Waals surface area contributed by atoms with Gasteiger partial charge in [-0.25, -0.2) is 9.78 Å². The summed E-state index contributed by atoms with van der Waals surface area (Å²) in [6, 6.07) is -0.570. The fourth-order valence-electron chi connectivity index (χ4n) is 1.06. The Morgan fingerprint density at radius 3 is 2.88 bits per heavy atom. The number of thiazole rings is 1. The maximum absolute atomic E-state index is 11.7. The molecule has 17 heavy (non-hydrogen) atoms. The van der Waals surface area contributed by atoms with Gasteiger partial charge in [0.15, 0.2) is 5.13 Å². The third-order valence-electron chi connectivity index (χ3n) is 1.73. The summed E-state index contributed by atoms with van der Waals surface area (Å²) < 4.78 is 0. The summed E-state index contributed by atoms with van der Waals surface area (Å²) >= 11 is 1.30. The minimum absolute atomic E-state index is 0.0670. The highest BCUT2D eigenvalue weighted by atomic mass is 32.1. The number of anilines is 1. The molecule has 1 aromatic rings. The minimum atomic E-state index is -1.12. The largest absolute Gasteiger partial charge is 0.480 e. The highest BCUT2D eigenvalue weighted by molar-refractivity contribution is 7.15. The van der Waals surface area contributed by atoms with Gasteiger partial charge in [-0.3, -0.25) is 10.1 Å². The van der Waals surface area contributed by atoms with E-state index in [2.05, 4.69) is 16.2 Å². The normalized spacial score (nSPS) is 9.41. The molecule has 1 rings (SSSR count). The van der Waals surface area contributed by atoms with Crippen LogP contribution in [0.1, 0.15) is 4.88 Å². The fourth-order valence-corrected chi connectivity index (χ4v) is 1.71. The van der Waals surface area contributed by atoms with Gasteiger partial charge in [-0.2, -0.15) is 0 Å². The van der Waals surface area contributed by atoms with Crippen LogP contribution < -0.4 is 5.32 Å². The summed E-state index contributed by atoms with van der Waals surface area (Å²) in [4.78, 5) is 28.1. The van der Waals surface area contributed by atoms with Crippen LogP contribution in [0.25, 0.3) is 0 Å². The maximum atomic E-state index is 11.7. The number of urea groups is 1. The first-order chi connectivity index (χ1) is 8.02. The Morgan fingerprint density at radius 1 is 1.71 bits per heavy atom. The minimum Gasteiger partial charge on any atom is -0.480 e. The monoisotopic (exact) mass is 253 g/mol. The molecule has 0 aromatic carbocycles. The fraction of sp³-hybridized carbons (Fsp3) is 0.300. The Hall–Kier alpha value is -2.07. The number of hydrogen-bond donors (Lipinski definition) is 2. The van der Waals surface area contributed by atoms with Crippen molar-refractivity contribution in [3.8, 4) is 12.3 Å². The quantitative estimate of drug-likeness (QED) is 0.784. The number of hydrogen-bond acceptors (Lipinski definition) is 4. The maximum Gasteiger partial charge on any atom is 0.324 e. The SMILES string of the molecule is C#CCN(CC(=O)O)C(=O)Nc1ncc(C)s1. The second-order valence-electron chi connectivity index (χ2n) is 3.16. The average Bonchev–Trinajstić information content (AvgIpc) is 2.62. The van der Waals surface area contributed by atoms with E-state index in [1.807, 2.05) is 6.92 Å². The molecule has 1 aromatic heterocycles. The van der Waals surface area contributed by atoms with E-state index in [1.54, 1.807) is 6.20 Å². The molecule has 0 fully saturated rings. The molecule has 0 radical (unpaired) electrons. The number of aliphatic carboxylic acids is 1. The highest BCUT2D eigenvalue weighted by Crippen LogP contribution is 2.16. The second kappa shape index (κ2) is 5.86. The summed E-state index contributed by atoms with van der Waals surface area (Å²) in [6.07, 6.45) is 6.68. The van der Waals surface area contributed by atoms with Crippen molar-refractivity contribution in [1.29, 1.82) is 0 Å². The first kappa shape index (κ1) is 13.0. The van der Waals surface area contributed by atoms with Crippen LogP contribution in [0, 0.1) is 19.3 Å². The van der Waals surface area contributed by atoms with Crippen molar-refractivity contribution in [2.45, 2.75) is 6.92 Å². The van der Waals surface area contributed by atoms with E-state index in [0.29, 0.717) is 5.13 Å². The van der Waals surface area contributed by atoms with Crippen molar-refractivity contribution in [3.63, 3.8) is 0 Å². The molecule has 0 atom stereocenters. The molecule has 2 amide bonds. The molecule has 0 bridgehead atoms. The van der Waals surface area contributed by atoms with Gasteiger partial charge >= 0.3 is 12.0 Å². The lowest BCUT2D eigenvalue weighted by molar-refractivity contribution is -0.137. The number of terminal acetylenes is 1. The van der Waals surface area contributed by atoms with Crippen LogP contribution in [-0.2, 0) is 4.79 Å². The van der Waals surface area contributed by atoms with Crippen molar-refractivity contribution in [2.75, 3.05) is 18.4 Å². The predicted molar refractivity (Wildman–Crippen MR) is 63.9 cm³/mol. The van der Waals surface area contributed by atoms with Gasteiger partial charge in [-0.15, -0.1) is 17.8 Å².